The molecule has 0 bridgehead atoms. The summed E-state index contributed by atoms with van der Waals surface area (Å²) < 4.78 is 5.18. The SMILES string of the molecule is COc1cccc(C(=O)O)c1Nc1ccccc1. The van der Waals surface area contributed by atoms with Crippen LogP contribution in [0.4, 0.5) is 11.4 Å². The van der Waals surface area contributed by atoms with Crippen LogP contribution in [0.3, 0.4) is 0 Å². The van der Waals surface area contributed by atoms with Crippen LogP contribution in [0.5, 0.6) is 5.75 Å². The van der Waals surface area contributed by atoms with Crippen LogP contribution in [0.2, 0.25) is 0 Å². The summed E-state index contributed by atoms with van der Waals surface area (Å²) >= 11 is 0. The average Bonchev–Trinajstić information content (AvgIpc) is 2.40. The molecule has 2 rings (SSSR count). The lowest BCUT2D eigenvalue weighted by Gasteiger charge is -2.13. The molecule has 2 aromatic rings. The Kier molecular flexibility index (Phi) is 3.48. The van der Waals surface area contributed by atoms with Gasteiger partial charge in [0.25, 0.3) is 0 Å². The van der Waals surface area contributed by atoms with E-state index in [-0.39, 0.29) is 5.56 Å². The van der Waals surface area contributed by atoms with Gasteiger partial charge in [0.15, 0.2) is 0 Å². The number of carbonyl (C=O) groups is 1. The number of anilines is 2. The van der Waals surface area contributed by atoms with Crippen molar-refractivity contribution in [1.29, 1.82) is 0 Å². The van der Waals surface area contributed by atoms with Gasteiger partial charge in [-0.15, -0.1) is 0 Å². The highest BCUT2D eigenvalue weighted by Crippen LogP contribution is 2.31. The number of nitrogens with one attached hydrogen (secondary N) is 1. The van der Waals surface area contributed by atoms with Gasteiger partial charge >= 0.3 is 5.97 Å². The Hall–Kier alpha value is -2.49. The first-order valence-corrected chi connectivity index (χ1v) is 5.44. The van der Waals surface area contributed by atoms with E-state index in [0.29, 0.717) is 11.4 Å². The molecule has 0 fully saturated rings. The van der Waals surface area contributed by atoms with E-state index in [2.05, 4.69) is 5.32 Å². The van der Waals surface area contributed by atoms with E-state index in [9.17, 15) is 4.79 Å². The maximum Gasteiger partial charge on any atom is 0.337 e. The Morgan fingerprint density at radius 3 is 2.44 bits per heavy atom. The van der Waals surface area contributed by atoms with E-state index >= 15 is 0 Å². The zero-order chi connectivity index (χ0) is 13.0. The van der Waals surface area contributed by atoms with Crippen LogP contribution in [-0.2, 0) is 0 Å². The molecule has 4 heteroatoms. The highest BCUT2D eigenvalue weighted by molar-refractivity contribution is 5.97. The monoisotopic (exact) mass is 243 g/mol. The summed E-state index contributed by atoms with van der Waals surface area (Å²) in [4.78, 5) is 11.2. The van der Waals surface area contributed by atoms with Gasteiger partial charge in [-0.1, -0.05) is 24.3 Å². The van der Waals surface area contributed by atoms with Crippen LogP contribution >= 0.6 is 0 Å². The van der Waals surface area contributed by atoms with Gasteiger partial charge in [-0.25, -0.2) is 4.79 Å². The van der Waals surface area contributed by atoms with Crippen molar-refractivity contribution in [2.24, 2.45) is 0 Å². The Labute approximate surface area is 105 Å². The van der Waals surface area contributed by atoms with Crippen LogP contribution in [0, 0.1) is 0 Å². The highest BCUT2D eigenvalue weighted by atomic mass is 16.5. The topological polar surface area (TPSA) is 58.6 Å². The van der Waals surface area contributed by atoms with Crippen molar-refractivity contribution in [2.45, 2.75) is 0 Å². The Bertz CT molecular complexity index is 552. The molecule has 18 heavy (non-hydrogen) atoms. The molecule has 0 radical (unpaired) electrons. The summed E-state index contributed by atoms with van der Waals surface area (Å²) in [5.74, 6) is -0.494. The third-order valence-corrected chi connectivity index (χ3v) is 2.52. The van der Waals surface area contributed by atoms with Crippen LogP contribution in [0.25, 0.3) is 0 Å². The number of hydrogen-bond acceptors (Lipinski definition) is 3. The maximum absolute atomic E-state index is 11.2. The van der Waals surface area contributed by atoms with E-state index in [1.165, 1.54) is 13.2 Å². The fourth-order valence-electron chi connectivity index (χ4n) is 1.67. The Balaban J connectivity index is 2.44. The zero-order valence-corrected chi connectivity index (χ0v) is 9.88. The number of carboxylic acids is 1. The number of rotatable bonds is 4. The molecule has 0 atom stereocenters. The number of benzene rings is 2. The predicted molar refractivity (Wildman–Crippen MR) is 69.7 cm³/mol. The molecular weight excluding hydrogens is 230 g/mol. The lowest BCUT2D eigenvalue weighted by Crippen LogP contribution is -2.04. The van der Waals surface area contributed by atoms with E-state index in [0.717, 1.165) is 5.69 Å². The molecule has 0 saturated heterocycles. The van der Waals surface area contributed by atoms with Gasteiger partial charge in [0.2, 0.25) is 0 Å². The van der Waals surface area contributed by atoms with Crippen LogP contribution in [0.15, 0.2) is 48.5 Å². The molecule has 2 N–H and O–H groups in total. The van der Waals surface area contributed by atoms with Crippen LogP contribution in [-0.4, -0.2) is 18.2 Å². The van der Waals surface area contributed by atoms with Crippen molar-refractivity contribution in [3.8, 4) is 5.75 Å². The fourth-order valence-corrected chi connectivity index (χ4v) is 1.67. The first kappa shape index (κ1) is 12.0. The summed E-state index contributed by atoms with van der Waals surface area (Å²) in [6, 6.07) is 14.3. The number of hydrogen-bond donors (Lipinski definition) is 2. The predicted octanol–water partition coefficient (Wildman–Crippen LogP) is 3.14. The lowest BCUT2D eigenvalue weighted by molar-refractivity contribution is 0.0697. The lowest BCUT2D eigenvalue weighted by atomic mass is 10.1. The molecule has 0 heterocycles. The quantitative estimate of drug-likeness (QED) is 0.866. The third-order valence-electron chi connectivity index (χ3n) is 2.52. The zero-order valence-electron chi connectivity index (χ0n) is 9.88. The van der Waals surface area contributed by atoms with Crippen molar-refractivity contribution in [3.63, 3.8) is 0 Å². The van der Waals surface area contributed by atoms with Gasteiger partial charge in [-0.3, -0.25) is 0 Å². The second-order valence-corrected chi connectivity index (χ2v) is 3.68. The molecular formula is C14H13NO3. The molecule has 0 unspecified atom stereocenters. The summed E-state index contributed by atoms with van der Waals surface area (Å²) in [6.45, 7) is 0. The normalized spacial score (nSPS) is 9.83. The molecule has 4 nitrogen and oxygen atoms in total. The van der Waals surface area contributed by atoms with E-state index in [1.54, 1.807) is 12.1 Å². The van der Waals surface area contributed by atoms with Gasteiger partial charge in [0.1, 0.15) is 5.75 Å². The molecule has 0 aliphatic rings. The van der Waals surface area contributed by atoms with Gasteiger partial charge in [-0.2, -0.15) is 0 Å². The van der Waals surface area contributed by atoms with Crippen molar-refractivity contribution in [1.82, 2.24) is 0 Å². The van der Waals surface area contributed by atoms with Crippen molar-refractivity contribution in [2.75, 3.05) is 12.4 Å². The molecule has 92 valence electrons. The van der Waals surface area contributed by atoms with Crippen molar-refractivity contribution >= 4 is 17.3 Å². The number of para-hydroxylation sites is 2. The summed E-state index contributed by atoms with van der Waals surface area (Å²) in [6.07, 6.45) is 0. The van der Waals surface area contributed by atoms with Gasteiger partial charge in [0.05, 0.1) is 18.4 Å². The summed E-state index contributed by atoms with van der Waals surface area (Å²) in [7, 11) is 1.51. The van der Waals surface area contributed by atoms with Crippen LogP contribution < -0.4 is 10.1 Å². The summed E-state index contributed by atoms with van der Waals surface area (Å²) in [5.41, 5.74) is 1.45. The standard InChI is InChI=1S/C14H13NO3/c1-18-12-9-5-8-11(14(16)17)13(12)15-10-6-3-2-4-7-10/h2-9,15H,1H3,(H,16,17). The van der Waals surface area contributed by atoms with E-state index in [4.69, 9.17) is 9.84 Å². The molecule has 0 aromatic heterocycles. The molecule has 0 spiro atoms. The Morgan fingerprint density at radius 2 is 1.83 bits per heavy atom. The second kappa shape index (κ2) is 5.23. The fraction of sp³-hybridized carbons (Fsp3) is 0.0714. The largest absolute Gasteiger partial charge is 0.495 e. The minimum absolute atomic E-state index is 0.179. The van der Waals surface area contributed by atoms with Crippen LogP contribution in [0.1, 0.15) is 10.4 Å². The minimum Gasteiger partial charge on any atom is -0.495 e. The van der Waals surface area contributed by atoms with Crippen molar-refractivity contribution < 1.29 is 14.6 Å². The van der Waals surface area contributed by atoms with E-state index < -0.39 is 5.97 Å². The summed E-state index contributed by atoms with van der Waals surface area (Å²) in [5, 5.41) is 12.2. The first-order chi connectivity index (χ1) is 8.72. The van der Waals surface area contributed by atoms with Crippen molar-refractivity contribution in [3.05, 3.63) is 54.1 Å². The number of carboxylic acid groups (broad SMARTS) is 1. The molecule has 0 amide bonds. The minimum atomic E-state index is -0.993. The molecule has 0 saturated carbocycles. The van der Waals surface area contributed by atoms with Gasteiger partial charge in [0, 0.05) is 5.69 Å². The third kappa shape index (κ3) is 2.43. The average molecular weight is 243 g/mol. The molecule has 2 aromatic carbocycles. The Morgan fingerprint density at radius 1 is 1.11 bits per heavy atom. The van der Waals surface area contributed by atoms with Gasteiger partial charge in [-0.05, 0) is 24.3 Å². The smallest absolute Gasteiger partial charge is 0.337 e. The van der Waals surface area contributed by atoms with E-state index in [1.807, 2.05) is 30.3 Å². The highest BCUT2D eigenvalue weighted by Gasteiger charge is 2.14. The second-order valence-electron chi connectivity index (χ2n) is 3.68. The first-order valence-electron chi connectivity index (χ1n) is 5.44. The number of aromatic carboxylic acids is 1. The number of methoxy groups -OCH3 is 1. The maximum atomic E-state index is 11.2. The van der Waals surface area contributed by atoms with Gasteiger partial charge < -0.3 is 15.2 Å². The molecule has 0 aliphatic carbocycles. The number of ether oxygens (including phenoxy) is 1. The molecule has 0 aliphatic heterocycles.